The molecule has 0 radical (unpaired) electrons. The van der Waals surface area contributed by atoms with Crippen LogP contribution in [0.15, 0.2) is 27.2 Å². The molecule has 3 aromatic rings. The summed E-state index contributed by atoms with van der Waals surface area (Å²) in [6.45, 7) is 9.63. The van der Waals surface area contributed by atoms with Gasteiger partial charge in [0, 0.05) is 25.6 Å². The molecule has 7 heteroatoms. The van der Waals surface area contributed by atoms with Gasteiger partial charge in [0.05, 0.1) is 18.5 Å². The summed E-state index contributed by atoms with van der Waals surface area (Å²) >= 11 is 0. The highest BCUT2D eigenvalue weighted by Crippen LogP contribution is 2.24. The largest absolute Gasteiger partial charge is 0.459 e. The van der Waals surface area contributed by atoms with E-state index in [1.165, 1.54) is 0 Å². The van der Waals surface area contributed by atoms with Crippen LogP contribution in [0.5, 0.6) is 0 Å². The number of hydrogen-bond donors (Lipinski definition) is 0. The minimum atomic E-state index is 0.395. The second-order valence-corrected chi connectivity index (χ2v) is 6.49. The molecule has 0 unspecified atom stereocenters. The molecule has 1 aliphatic rings. The van der Waals surface area contributed by atoms with Crippen molar-refractivity contribution in [3.8, 4) is 11.7 Å². The third-order valence-corrected chi connectivity index (χ3v) is 4.38. The van der Waals surface area contributed by atoms with Gasteiger partial charge in [-0.2, -0.15) is 0 Å². The Kier molecular flexibility index (Phi) is 3.72. The Morgan fingerprint density at radius 3 is 2.88 bits per heavy atom. The van der Waals surface area contributed by atoms with Crippen LogP contribution in [-0.4, -0.2) is 31.2 Å². The van der Waals surface area contributed by atoms with Crippen molar-refractivity contribution < 1.29 is 8.83 Å². The van der Waals surface area contributed by atoms with Gasteiger partial charge in [-0.1, -0.05) is 13.8 Å². The Morgan fingerprint density at radius 1 is 1.25 bits per heavy atom. The fourth-order valence-electron chi connectivity index (χ4n) is 3.08. The molecule has 24 heavy (non-hydrogen) atoms. The Bertz CT molecular complexity index is 831. The third kappa shape index (κ3) is 2.65. The van der Waals surface area contributed by atoms with E-state index in [1.807, 2.05) is 19.1 Å². The molecule has 0 saturated carbocycles. The lowest BCUT2D eigenvalue weighted by atomic mass is 10.2. The van der Waals surface area contributed by atoms with Crippen LogP contribution in [-0.2, 0) is 19.6 Å². The second kappa shape index (κ2) is 5.90. The van der Waals surface area contributed by atoms with Crippen molar-refractivity contribution in [2.75, 3.05) is 6.54 Å². The van der Waals surface area contributed by atoms with E-state index in [0.717, 1.165) is 49.3 Å². The highest BCUT2D eigenvalue weighted by Gasteiger charge is 2.24. The van der Waals surface area contributed by atoms with Crippen molar-refractivity contribution in [3.63, 3.8) is 0 Å². The Balaban J connectivity index is 1.50. The summed E-state index contributed by atoms with van der Waals surface area (Å²) in [6.07, 6.45) is 1.62. The lowest BCUT2D eigenvalue weighted by Gasteiger charge is -2.27. The first-order chi connectivity index (χ1) is 11.6. The molecular weight excluding hydrogens is 306 g/mol. The summed E-state index contributed by atoms with van der Waals surface area (Å²) in [7, 11) is 0. The number of fused-ring (bicyclic) bond motifs is 1. The number of aromatic nitrogens is 4. The van der Waals surface area contributed by atoms with Gasteiger partial charge in [0.1, 0.15) is 17.4 Å². The van der Waals surface area contributed by atoms with E-state index in [0.29, 0.717) is 17.6 Å². The minimum absolute atomic E-state index is 0.395. The van der Waals surface area contributed by atoms with Gasteiger partial charge < -0.3 is 13.4 Å². The molecule has 4 heterocycles. The van der Waals surface area contributed by atoms with Crippen LogP contribution in [0.1, 0.15) is 42.9 Å². The maximum atomic E-state index is 5.74. The Morgan fingerprint density at radius 2 is 2.12 bits per heavy atom. The van der Waals surface area contributed by atoms with E-state index in [9.17, 15) is 0 Å². The molecule has 1 aliphatic heterocycles. The highest BCUT2D eigenvalue weighted by atomic mass is 16.4. The van der Waals surface area contributed by atoms with Gasteiger partial charge in [0.25, 0.3) is 5.89 Å². The van der Waals surface area contributed by atoms with Crippen molar-refractivity contribution in [1.29, 1.82) is 0 Å². The van der Waals surface area contributed by atoms with Crippen LogP contribution < -0.4 is 0 Å². The topological polar surface area (TPSA) is 73.1 Å². The van der Waals surface area contributed by atoms with Crippen LogP contribution in [0, 0.1) is 6.92 Å². The maximum Gasteiger partial charge on any atom is 0.263 e. The monoisotopic (exact) mass is 327 g/mol. The summed E-state index contributed by atoms with van der Waals surface area (Å²) in [5.41, 5.74) is 0.943. The molecule has 0 amide bonds. The summed E-state index contributed by atoms with van der Waals surface area (Å²) < 4.78 is 13.3. The van der Waals surface area contributed by atoms with Crippen molar-refractivity contribution in [1.82, 2.24) is 24.6 Å². The maximum absolute atomic E-state index is 5.74. The van der Waals surface area contributed by atoms with Gasteiger partial charge >= 0.3 is 0 Å². The molecule has 0 atom stereocenters. The predicted octanol–water partition coefficient (Wildman–Crippen LogP) is 2.97. The van der Waals surface area contributed by atoms with Crippen LogP contribution in [0.2, 0.25) is 0 Å². The molecule has 0 saturated heterocycles. The fourth-order valence-corrected chi connectivity index (χ4v) is 3.08. The molecule has 0 spiro atoms. The van der Waals surface area contributed by atoms with Gasteiger partial charge in [0.15, 0.2) is 5.76 Å². The van der Waals surface area contributed by atoms with E-state index >= 15 is 0 Å². The van der Waals surface area contributed by atoms with Gasteiger partial charge in [-0.25, -0.2) is 4.98 Å². The number of rotatable bonds is 4. The summed E-state index contributed by atoms with van der Waals surface area (Å²) in [6, 6.07) is 3.68. The Hall–Kier alpha value is -2.41. The second-order valence-electron chi connectivity index (χ2n) is 6.49. The third-order valence-electron chi connectivity index (χ3n) is 4.38. The first-order valence-electron chi connectivity index (χ1n) is 8.26. The molecule has 0 aromatic carbocycles. The van der Waals surface area contributed by atoms with Gasteiger partial charge in [-0.05, 0) is 19.1 Å². The first-order valence-corrected chi connectivity index (χ1v) is 8.26. The van der Waals surface area contributed by atoms with E-state index in [2.05, 4.69) is 38.5 Å². The molecule has 7 nitrogen and oxygen atoms in total. The number of oxazole rings is 1. The quantitative estimate of drug-likeness (QED) is 0.733. The zero-order chi connectivity index (χ0) is 16.7. The molecule has 0 bridgehead atoms. The standard InChI is InChI=1S/C17H21N5O2/c1-11(2)16-20-19-15-10-21(6-7-22(15)16)9-13-12(3)24-17(18-13)14-5-4-8-23-14/h4-5,8,11H,6-7,9-10H2,1-3H3. The molecule has 3 aromatic heterocycles. The van der Waals surface area contributed by atoms with E-state index < -0.39 is 0 Å². The summed E-state index contributed by atoms with van der Waals surface area (Å²) in [4.78, 5) is 6.92. The average Bonchev–Trinajstić information content (AvgIpc) is 3.27. The molecule has 126 valence electrons. The Labute approximate surface area is 140 Å². The molecular formula is C17H21N5O2. The summed E-state index contributed by atoms with van der Waals surface area (Å²) in [5, 5.41) is 8.68. The van der Waals surface area contributed by atoms with Gasteiger partial charge in [-0.15, -0.1) is 10.2 Å². The normalized spacial score (nSPS) is 15.2. The number of aryl methyl sites for hydroxylation is 1. The molecule has 0 aliphatic carbocycles. The lowest BCUT2D eigenvalue weighted by molar-refractivity contribution is 0.204. The van der Waals surface area contributed by atoms with Crippen molar-refractivity contribution in [2.24, 2.45) is 0 Å². The van der Waals surface area contributed by atoms with Crippen LogP contribution in [0.3, 0.4) is 0 Å². The lowest BCUT2D eigenvalue weighted by Crippen LogP contribution is -2.34. The van der Waals surface area contributed by atoms with E-state index in [1.54, 1.807) is 6.26 Å². The highest BCUT2D eigenvalue weighted by molar-refractivity contribution is 5.44. The average molecular weight is 327 g/mol. The van der Waals surface area contributed by atoms with Crippen LogP contribution in [0.4, 0.5) is 0 Å². The number of hydrogen-bond acceptors (Lipinski definition) is 6. The number of furan rings is 1. The van der Waals surface area contributed by atoms with Crippen LogP contribution in [0.25, 0.3) is 11.7 Å². The zero-order valence-electron chi connectivity index (χ0n) is 14.2. The fraction of sp³-hybridized carbons (Fsp3) is 0.471. The van der Waals surface area contributed by atoms with Crippen molar-refractivity contribution in [3.05, 3.63) is 41.5 Å². The minimum Gasteiger partial charge on any atom is -0.459 e. The van der Waals surface area contributed by atoms with Crippen molar-refractivity contribution in [2.45, 2.75) is 46.3 Å². The summed E-state index contributed by atoms with van der Waals surface area (Å²) in [5.74, 6) is 4.52. The molecule has 0 N–H and O–H groups in total. The molecule has 0 fully saturated rings. The predicted molar refractivity (Wildman–Crippen MR) is 87.2 cm³/mol. The first kappa shape index (κ1) is 15.1. The van der Waals surface area contributed by atoms with Gasteiger partial charge in [-0.3, -0.25) is 4.90 Å². The van der Waals surface area contributed by atoms with E-state index in [4.69, 9.17) is 8.83 Å². The SMILES string of the molecule is Cc1oc(-c2ccco2)nc1CN1CCn2c(nnc2C(C)C)C1. The molecule has 4 rings (SSSR count). The zero-order valence-corrected chi connectivity index (χ0v) is 14.2. The van der Waals surface area contributed by atoms with Crippen LogP contribution >= 0.6 is 0 Å². The van der Waals surface area contributed by atoms with Gasteiger partial charge in [0.2, 0.25) is 0 Å². The number of nitrogens with zero attached hydrogens (tertiary/aromatic N) is 5. The smallest absolute Gasteiger partial charge is 0.263 e. The van der Waals surface area contributed by atoms with E-state index in [-0.39, 0.29) is 0 Å². The van der Waals surface area contributed by atoms with Crippen molar-refractivity contribution >= 4 is 0 Å².